The van der Waals surface area contributed by atoms with Gasteiger partial charge in [-0.2, -0.15) is 0 Å². The van der Waals surface area contributed by atoms with Gasteiger partial charge in [0.1, 0.15) is 0 Å². The monoisotopic (exact) mass is 277 g/mol. The highest BCUT2D eigenvalue weighted by molar-refractivity contribution is 5.97. The third-order valence-electron chi connectivity index (χ3n) is 3.43. The van der Waals surface area contributed by atoms with Crippen LogP contribution in [0.1, 0.15) is 43.5 Å². The Morgan fingerprint density at radius 2 is 2.25 bits per heavy atom. The highest BCUT2D eigenvalue weighted by Gasteiger charge is 2.26. The van der Waals surface area contributed by atoms with E-state index in [9.17, 15) is 4.79 Å². The second-order valence-corrected chi connectivity index (χ2v) is 5.21. The molecule has 1 aliphatic rings. The Morgan fingerprint density at radius 1 is 1.50 bits per heavy atom. The summed E-state index contributed by atoms with van der Waals surface area (Å²) in [6.45, 7) is 6.13. The zero-order chi connectivity index (χ0) is 14.5. The number of nitrogen functional groups attached to an aromatic ring is 1. The Morgan fingerprint density at radius 3 is 2.85 bits per heavy atom. The van der Waals surface area contributed by atoms with Gasteiger partial charge in [-0.05, 0) is 38.2 Å². The van der Waals surface area contributed by atoms with Crippen LogP contribution in [-0.2, 0) is 4.74 Å². The third kappa shape index (κ3) is 3.40. The molecule has 2 rings (SSSR count). The average Bonchev–Trinajstić information content (AvgIpc) is 3.23. The van der Waals surface area contributed by atoms with Gasteiger partial charge in [-0.25, -0.2) is 9.78 Å². The van der Waals surface area contributed by atoms with E-state index in [4.69, 9.17) is 10.5 Å². The molecule has 0 bridgehead atoms. The van der Waals surface area contributed by atoms with Gasteiger partial charge in [0.2, 0.25) is 0 Å². The smallest absolute Gasteiger partial charge is 0.340 e. The van der Waals surface area contributed by atoms with Gasteiger partial charge in [-0.15, -0.1) is 0 Å². The maximum atomic E-state index is 11.9. The molecule has 1 saturated carbocycles. The molecule has 0 amide bonds. The number of esters is 1. The van der Waals surface area contributed by atoms with E-state index >= 15 is 0 Å². The largest absolute Gasteiger partial charge is 0.462 e. The highest BCUT2D eigenvalue weighted by Crippen LogP contribution is 2.33. The van der Waals surface area contributed by atoms with Gasteiger partial charge in [0.05, 0.1) is 17.9 Å². The molecule has 2 N–H and O–H groups in total. The molecule has 0 atom stereocenters. The zero-order valence-corrected chi connectivity index (χ0v) is 12.3. The van der Waals surface area contributed by atoms with Crippen molar-refractivity contribution in [1.82, 2.24) is 4.98 Å². The van der Waals surface area contributed by atoms with Gasteiger partial charge in [0.25, 0.3) is 0 Å². The van der Waals surface area contributed by atoms with Crippen molar-refractivity contribution >= 4 is 17.5 Å². The molecule has 1 fully saturated rings. The topological polar surface area (TPSA) is 68.5 Å². The molecule has 0 radical (unpaired) electrons. The van der Waals surface area contributed by atoms with Gasteiger partial charge >= 0.3 is 5.97 Å². The van der Waals surface area contributed by atoms with Crippen molar-refractivity contribution in [1.29, 1.82) is 0 Å². The average molecular weight is 277 g/mol. The molecule has 110 valence electrons. The lowest BCUT2D eigenvalue weighted by Crippen LogP contribution is -2.29. The predicted octanol–water partition coefficient (Wildman–Crippen LogP) is 2.47. The van der Waals surface area contributed by atoms with Crippen molar-refractivity contribution in [2.75, 3.05) is 30.3 Å². The lowest BCUT2D eigenvalue weighted by atomic mass is 10.2. The summed E-state index contributed by atoms with van der Waals surface area (Å²) in [5.74, 6) is 1.08. The number of carbonyl (C=O) groups excluding carboxylic acids is 1. The van der Waals surface area contributed by atoms with Crippen LogP contribution in [0.5, 0.6) is 0 Å². The van der Waals surface area contributed by atoms with Crippen LogP contribution in [0.4, 0.5) is 11.5 Å². The summed E-state index contributed by atoms with van der Waals surface area (Å²) in [4.78, 5) is 18.4. The summed E-state index contributed by atoms with van der Waals surface area (Å²) in [6, 6.07) is 1.62. The molecule has 1 heterocycles. The van der Waals surface area contributed by atoms with Crippen LogP contribution in [0.2, 0.25) is 0 Å². The molecule has 1 aromatic heterocycles. The minimum Gasteiger partial charge on any atom is -0.462 e. The second kappa shape index (κ2) is 6.59. The second-order valence-electron chi connectivity index (χ2n) is 5.21. The summed E-state index contributed by atoms with van der Waals surface area (Å²) < 4.78 is 5.03. The van der Waals surface area contributed by atoms with E-state index in [1.807, 2.05) is 0 Å². The number of ether oxygens (including phenoxy) is 1. The number of nitrogens with zero attached hydrogens (tertiary/aromatic N) is 2. The predicted molar refractivity (Wildman–Crippen MR) is 79.8 cm³/mol. The van der Waals surface area contributed by atoms with E-state index in [0.717, 1.165) is 25.4 Å². The van der Waals surface area contributed by atoms with Crippen LogP contribution in [0.25, 0.3) is 0 Å². The van der Waals surface area contributed by atoms with Gasteiger partial charge in [0, 0.05) is 19.3 Å². The third-order valence-corrected chi connectivity index (χ3v) is 3.43. The Bertz CT molecular complexity index is 472. The lowest BCUT2D eigenvalue weighted by Gasteiger charge is -2.25. The minimum atomic E-state index is -0.378. The van der Waals surface area contributed by atoms with Crippen LogP contribution >= 0.6 is 0 Å². The van der Waals surface area contributed by atoms with E-state index < -0.39 is 0 Å². The van der Waals surface area contributed by atoms with Crippen LogP contribution in [0.15, 0.2) is 12.3 Å². The number of rotatable bonds is 7. The molecule has 0 spiro atoms. The van der Waals surface area contributed by atoms with Gasteiger partial charge in [-0.3, -0.25) is 0 Å². The SMILES string of the molecule is CCCN(CC1CC1)c1nccc(C(=O)OCC)c1N. The standard InChI is InChI=1S/C15H23N3O2/c1-3-9-18(10-11-5-6-11)14-13(16)12(7-8-17-14)15(19)20-4-2/h7-8,11H,3-6,9-10,16H2,1-2H3. The van der Waals surface area contributed by atoms with Crippen LogP contribution in [0, 0.1) is 5.92 Å². The molecule has 5 nitrogen and oxygen atoms in total. The highest BCUT2D eigenvalue weighted by atomic mass is 16.5. The van der Waals surface area contributed by atoms with Crippen LogP contribution < -0.4 is 10.6 Å². The Kier molecular flexibility index (Phi) is 4.82. The molecule has 0 aliphatic heterocycles. The molecule has 1 aliphatic carbocycles. The molecular formula is C15H23N3O2. The Balaban J connectivity index is 2.24. The maximum Gasteiger partial charge on any atom is 0.340 e. The fourth-order valence-corrected chi connectivity index (χ4v) is 2.27. The van der Waals surface area contributed by atoms with E-state index in [1.165, 1.54) is 12.8 Å². The number of aromatic nitrogens is 1. The summed E-state index contributed by atoms with van der Waals surface area (Å²) in [7, 11) is 0. The van der Waals surface area contributed by atoms with Gasteiger partial charge in [-0.1, -0.05) is 6.92 Å². The number of nitrogens with two attached hydrogens (primary N) is 1. The summed E-state index contributed by atoms with van der Waals surface area (Å²) in [6.07, 6.45) is 5.21. The lowest BCUT2D eigenvalue weighted by molar-refractivity contribution is 0.0527. The van der Waals surface area contributed by atoms with Gasteiger partial charge < -0.3 is 15.4 Å². The normalized spacial score (nSPS) is 14.1. The molecule has 5 heteroatoms. The van der Waals surface area contributed by atoms with Crippen LogP contribution in [0.3, 0.4) is 0 Å². The van der Waals surface area contributed by atoms with Crippen molar-refractivity contribution < 1.29 is 9.53 Å². The van der Waals surface area contributed by atoms with Gasteiger partial charge in [0.15, 0.2) is 5.82 Å². The Hall–Kier alpha value is -1.78. The maximum absolute atomic E-state index is 11.9. The van der Waals surface area contributed by atoms with Crippen molar-refractivity contribution in [3.05, 3.63) is 17.8 Å². The van der Waals surface area contributed by atoms with Crippen molar-refractivity contribution in [3.8, 4) is 0 Å². The minimum absolute atomic E-state index is 0.344. The van der Waals surface area contributed by atoms with E-state index in [2.05, 4.69) is 16.8 Å². The molecule has 0 saturated heterocycles. The number of hydrogen-bond donors (Lipinski definition) is 1. The van der Waals surface area contributed by atoms with E-state index in [-0.39, 0.29) is 5.97 Å². The molecule has 20 heavy (non-hydrogen) atoms. The first-order valence-corrected chi connectivity index (χ1v) is 7.33. The zero-order valence-electron chi connectivity index (χ0n) is 12.3. The first-order valence-electron chi connectivity index (χ1n) is 7.33. The summed E-state index contributed by atoms with van der Waals surface area (Å²) in [5, 5.41) is 0. The fraction of sp³-hybridized carbons (Fsp3) is 0.600. The number of anilines is 2. The molecule has 0 unspecified atom stereocenters. The molecule has 1 aromatic rings. The van der Waals surface area contributed by atoms with Crippen molar-refractivity contribution in [2.24, 2.45) is 5.92 Å². The number of hydrogen-bond acceptors (Lipinski definition) is 5. The van der Waals surface area contributed by atoms with Crippen LogP contribution in [-0.4, -0.2) is 30.6 Å². The first kappa shape index (κ1) is 14.6. The molecular weight excluding hydrogens is 254 g/mol. The fourth-order valence-electron chi connectivity index (χ4n) is 2.27. The summed E-state index contributed by atoms with van der Waals surface area (Å²) in [5.41, 5.74) is 6.98. The molecule has 0 aromatic carbocycles. The van der Waals surface area contributed by atoms with Crippen molar-refractivity contribution in [2.45, 2.75) is 33.1 Å². The first-order chi connectivity index (χ1) is 9.67. The summed E-state index contributed by atoms with van der Waals surface area (Å²) >= 11 is 0. The Labute approximate surface area is 120 Å². The van der Waals surface area contributed by atoms with E-state index in [1.54, 1.807) is 19.2 Å². The van der Waals surface area contributed by atoms with E-state index in [0.29, 0.717) is 23.7 Å². The number of carbonyl (C=O) groups is 1. The van der Waals surface area contributed by atoms with Crippen molar-refractivity contribution in [3.63, 3.8) is 0 Å². The number of pyridine rings is 1. The quantitative estimate of drug-likeness (QED) is 0.775.